The predicted octanol–water partition coefficient (Wildman–Crippen LogP) is -0.314. The van der Waals surface area contributed by atoms with Crippen LogP contribution in [0.4, 0.5) is 11.4 Å². The van der Waals surface area contributed by atoms with Crippen LogP contribution in [0.25, 0.3) is 0 Å². The van der Waals surface area contributed by atoms with Crippen molar-refractivity contribution in [3.63, 3.8) is 0 Å². The summed E-state index contributed by atoms with van der Waals surface area (Å²) >= 11 is 0. The molecule has 110 valence electrons. The minimum atomic E-state index is -0.329. The molecule has 0 spiro atoms. The van der Waals surface area contributed by atoms with Gasteiger partial charge in [-0.2, -0.15) is 0 Å². The molecule has 5 N–H and O–H groups in total. The molecule has 1 aromatic carbocycles. The fourth-order valence-corrected chi connectivity index (χ4v) is 1.62. The first-order valence-electron chi connectivity index (χ1n) is 6.11. The molecule has 1 aromatic rings. The normalized spacial score (nSPS) is 10.1. The van der Waals surface area contributed by atoms with E-state index in [2.05, 4.69) is 5.32 Å². The summed E-state index contributed by atoms with van der Waals surface area (Å²) in [4.78, 5) is 25.0. The maximum atomic E-state index is 12.1. The number of benzene rings is 1. The monoisotopic (exact) mass is 280 g/mol. The van der Waals surface area contributed by atoms with Crippen LogP contribution in [0.15, 0.2) is 18.2 Å². The van der Waals surface area contributed by atoms with Crippen molar-refractivity contribution in [2.24, 2.45) is 0 Å². The third-order valence-electron chi connectivity index (χ3n) is 2.66. The lowest BCUT2D eigenvalue weighted by atomic mass is 10.1. The molecule has 0 atom stereocenters. The van der Waals surface area contributed by atoms with Crippen LogP contribution in [-0.2, 0) is 9.53 Å². The van der Waals surface area contributed by atoms with Crippen molar-refractivity contribution in [2.45, 2.75) is 0 Å². The molecule has 1 rings (SSSR count). The average Bonchev–Trinajstić information content (AvgIpc) is 2.38. The van der Waals surface area contributed by atoms with Gasteiger partial charge in [0, 0.05) is 32.1 Å². The fourth-order valence-electron chi connectivity index (χ4n) is 1.62. The summed E-state index contributed by atoms with van der Waals surface area (Å²) in [6.07, 6.45) is 0. The van der Waals surface area contributed by atoms with Gasteiger partial charge in [-0.1, -0.05) is 0 Å². The number of nitrogens with zero attached hydrogens (tertiary/aromatic N) is 1. The number of methoxy groups -OCH3 is 1. The van der Waals surface area contributed by atoms with Crippen molar-refractivity contribution in [3.05, 3.63) is 23.8 Å². The van der Waals surface area contributed by atoms with Crippen molar-refractivity contribution >= 4 is 23.2 Å². The maximum absolute atomic E-state index is 12.1. The van der Waals surface area contributed by atoms with E-state index in [-0.39, 0.29) is 18.4 Å². The molecule has 0 heterocycles. The second-order valence-electron chi connectivity index (χ2n) is 4.35. The molecule has 0 bridgehead atoms. The second kappa shape index (κ2) is 7.34. The number of hydrogen-bond acceptors (Lipinski definition) is 5. The van der Waals surface area contributed by atoms with Crippen molar-refractivity contribution in [3.8, 4) is 0 Å². The summed E-state index contributed by atoms with van der Waals surface area (Å²) < 4.78 is 4.82. The first-order valence-corrected chi connectivity index (χ1v) is 6.11. The zero-order chi connectivity index (χ0) is 15.1. The van der Waals surface area contributed by atoms with Crippen LogP contribution in [0.3, 0.4) is 0 Å². The number of anilines is 2. The number of nitrogens with two attached hydrogens (primary N) is 2. The molecule has 20 heavy (non-hydrogen) atoms. The zero-order valence-electron chi connectivity index (χ0n) is 11.7. The largest absolute Gasteiger partial charge is 0.399 e. The van der Waals surface area contributed by atoms with Crippen molar-refractivity contribution in [1.29, 1.82) is 0 Å². The number of nitrogen functional groups attached to an aromatic ring is 2. The van der Waals surface area contributed by atoms with Gasteiger partial charge in [0.1, 0.15) is 0 Å². The Labute approximate surface area is 117 Å². The van der Waals surface area contributed by atoms with Gasteiger partial charge < -0.3 is 26.4 Å². The lowest BCUT2D eigenvalue weighted by Crippen LogP contribution is -2.39. The van der Waals surface area contributed by atoms with Crippen LogP contribution in [0, 0.1) is 0 Å². The molecule has 7 heteroatoms. The summed E-state index contributed by atoms with van der Waals surface area (Å²) in [6.45, 7) is 0.780. The van der Waals surface area contributed by atoms with Gasteiger partial charge in [-0.05, 0) is 18.2 Å². The Morgan fingerprint density at radius 1 is 1.35 bits per heavy atom. The van der Waals surface area contributed by atoms with E-state index in [1.165, 1.54) is 18.0 Å². The van der Waals surface area contributed by atoms with Gasteiger partial charge in [0.25, 0.3) is 5.91 Å². The molecule has 0 fully saturated rings. The predicted molar refractivity (Wildman–Crippen MR) is 77.1 cm³/mol. The Hall–Kier alpha value is -2.28. The highest BCUT2D eigenvalue weighted by molar-refractivity contribution is 6.01. The first kappa shape index (κ1) is 15.8. The summed E-state index contributed by atoms with van der Waals surface area (Å²) in [7, 11) is 3.08. The highest BCUT2D eigenvalue weighted by Crippen LogP contribution is 2.17. The number of carbonyl (C=O) groups excluding carboxylic acids is 2. The fraction of sp³-hybridized carbons (Fsp3) is 0.385. The molecule has 0 radical (unpaired) electrons. The van der Waals surface area contributed by atoms with Crippen LogP contribution < -0.4 is 16.8 Å². The number of hydrogen-bond donors (Lipinski definition) is 3. The molecule has 2 amide bonds. The van der Waals surface area contributed by atoms with E-state index < -0.39 is 0 Å². The van der Waals surface area contributed by atoms with Gasteiger partial charge >= 0.3 is 0 Å². The maximum Gasteiger partial charge on any atom is 0.256 e. The molecule has 0 aliphatic heterocycles. The number of ether oxygens (including phenoxy) is 1. The molecular formula is C13H20N4O3. The van der Waals surface area contributed by atoms with Gasteiger partial charge in [0.05, 0.1) is 18.7 Å². The summed E-state index contributed by atoms with van der Waals surface area (Å²) in [6, 6.07) is 4.65. The Morgan fingerprint density at radius 3 is 2.65 bits per heavy atom. The van der Waals surface area contributed by atoms with Crippen molar-refractivity contribution < 1.29 is 14.3 Å². The SMILES string of the molecule is COCCNC(=O)CN(C)C(=O)c1ccc(N)cc1N. The third-order valence-corrected chi connectivity index (χ3v) is 2.66. The molecule has 0 aliphatic carbocycles. The molecule has 7 nitrogen and oxygen atoms in total. The molecule has 0 saturated heterocycles. The van der Waals surface area contributed by atoms with Gasteiger partial charge in [-0.3, -0.25) is 9.59 Å². The quantitative estimate of drug-likeness (QED) is 0.489. The van der Waals surface area contributed by atoms with Gasteiger partial charge in [0.15, 0.2) is 0 Å². The van der Waals surface area contributed by atoms with E-state index in [1.54, 1.807) is 19.2 Å². The number of likely N-dealkylation sites (N-methyl/N-ethyl adjacent to an activating group) is 1. The summed E-state index contributed by atoms with van der Waals surface area (Å²) in [5, 5.41) is 2.64. The summed E-state index contributed by atoms with van der Waals surface area (Å²) in [5.41, 5.74) is 12.4. The minimum Gasteiger partial charge on any atom is -0.399 e. The molecule has 0 aliphatic rings. The summed E-state index contributed by atoms with van der Waals surface area (Å²) in [5.74, 6) is -0.587. The topological polar surface area (TPSA) is 111 Å². The van der Waals surface area contributed by atoms with Crippen LogP contribution in [0.5, 0.6) is 0 Å². The van der Waals surface area contributed by atoms with Crippen molar-refractivity contribution in [1.82, 2.24) is 10.2 Å². The van der Waals surface area contributed by atoms with Gasteiger partial charge in [-0.25, -0.2) is 0 Å². The lowest BCUT2D eigenvalue weighted by Gasteiger charge is -2.18. The number of carbonyl (C=O) groups is 2. The Balaban J connectivity index is 2.60. The van der Waals surface area contributed by atoms with E-state index in [0.29, 0.717) is 30.1 Å². The third kappa shape index (κ3) is 4.43. The Bertz CT molecular complexity index is 491. The Morgan fingerprint density at radius 2 is 2.05 bits per heavy atom. The lowest BCUT2D eigenvalue weighted by molar-refractivity contribution is -0.121. The highest BCUT2D eigenvalue weighted by atomic mass is 16.5. The van der Waals surface area contributed by atoms with Crippen LogP contribution >= 0.6 is 0 Å². The van der Waals surface area contributed by atoms with Gasteiger partial charge in [0.2, 0.25) is 5.91 Å². The van der Waals surface area contributed by atoms with Crippen molar-refractivity contribution in [2.75, 3.05) is 45.3 Å². The first-order chi connectivity index (χ1) is 9.45. The zero-order valence-corrected chi connectivity index (χ0v) is 11.7. The average molecular weight is 280 g/mol. The van der Waals surface area contributed by atoms with Crippen LogP contribution in [-0.4, -0.2) is 50.6 Å². The minimum absolute atomic E-state index is 0.0492. The van der Waals surface area contributed by atoms with E-state index >= 15 is 0 Å². The number of nitrogens with one attached hydrogen (secondary N) is 1. The second-order valence-corrected chi connectivity index (χ2v) is 4.35. The molecule has 0 aromatic heterocycles. The van der Waals surface area contributed by atoms with E-state index in [0.717, 1.165) is 0 Å². The van der Waals surface area contributed by atoms with Gasteiger partial charge in [-0.15, -0.1) is 0 Å². The van der Waals surface area contributed by atoms with E-state index in [4.69, 9.17) is 16.2 Å². The highest BCUT2D eigenvalue weighted by Gasteiger charge is 2.17. The smallest absolute Gasteiger partial charge is 0.256 e. The standard InChI is InChI=1S/C13H20N4O3/c1-17(8-12(18)16-5-6-20-2)13(19)10-4-3-9(14)7-11(10)15/h3-4,7H,5-6,8,14-15H2,1-2H3,(H,16,18). The van der Waals surface area contributed by atoms with E-state index in [9.17, 15) is 9.59 Å². The Kier molecular flexibility index (Phi) is 5.79. The van der Waals surface area contributed by atoms with E-state index in [1.807, 2.05) is 0 Å². The van der Waals surface area contributed by atoms with Crippen LogP contribution in [0.1, 0.15) is 10.4 Å². The molecule has 0 unspecified atom stereocenters. The number of amides is 2. The van der Waals surface area contributed by atoms with Crippen LogP contribution in [0.2, 0.25) is 0 Å². The molecular weight excluding hydrogens is 260 g/mol. The number of rotatable bonds is 6. The molecule has 0 saturated carbocycles.